The average Bonchev–Trinajstić information content (AvgIpc) is 3.13. The van der Waals surface area contributed by atoms with Gasteiger partial charge >= 0.3 is 5.97 Å². The largest absolute Gasteiger partial charge is 0.481 e. The van der Waals surface area contributed by atoms with Crippen molar-refractivity contribution in [2.45, 2.75) is 46.5 Å². The molecule has 1 saturated heterocycles. The summed E-state index contributed by atoms with van der Waals surface area (Å²) >= 11 is 0. The lowest BCUT2D eigenvalue weighted by atomic mass is 9.78. The van der Waals surface area contributed by atoms with Gasteiger partial charge in [0.25, 0.3) is 0 Å². The third-order valence-electron chi connectivity index (χ3n) is 6.40. The van der Waals surface area contributed by atoms with Crippen LogP contribution in [-0.4, -0.2) is 38.8 Å². The van der Waals surface area contributed by atoms with Gasteiger partial charge in [-0.05, 0) is 25.2 Å². The first-order chi connectivity index (χ1) is 13.9. The number of nitrogens with zero attached hydrogens (tertiary/aromatic N) is 4. The number of aliphatic carboxylic acids is 1. The van der Waals surface area contributed by atoms with E-state index in [9.17, 15) is 9.90 Å². The number of fused-ring (bicyclic) bond motifs is 1. The van der Waals surface area contributed by atoms with Crippen molar-refractivity contribution in [3.05, 3.63) is 47.7 Å². The molecule has 0 bridgehead atoms. The Labute approximate surface area is 171 Å². The van der Waals surface area contributed by atoms with Crippen LogP contribution in [0.15, 0.2) is 36.4 Å². The molecule has 6 nitrogen and oxygen atoms in total. The third-order valence-corrected chi connectivity index (χ3v) is 6.40. The number of benzene rings is 1. The Morgan fingerprint density at radius 3 is 2.52 bits per heavy atom. The molecule has 0 aliphatic carbocycles. The van der Waals surface area contributed by atoms with Gasteiger partial charge in [0, 0.05) is 36.0 Å². The van der Waals surface area contributed by atoms with Crippen LogP contribution in [0, 0.1) is 12.3 Å². The predicted molar refractivity (Wildman–Crippen MR) is 114 cm³/mol. The zero-order valence-electron chi connectivity index (χ0n) is 17.4. The number of carboxylic acids is 1. The van der Waals surface area contributed by atoms with Gasteiger partial charge in [0.1, 0.15) is 5.82 Å². The van der Waals surface area contributed by atoms with Crippen molar-refractivity contribution < 1.29 is 9.90 Å². The van der Waals surface area contributed by atoms with E-state index in [1.165, 1.54) is 0 Å². The van der Waals surface area contributed by atoms with E-state index >= 15 is 0 Å². The summed E-state index contributed by atoms with van der Waals surface area (Å²) in [4.78, 5) is 18.6. The minimum atomic E-state index is -0.846. The molecule has 4 rings (SSSR count). The van der Waals surface area contributed by atoms with Crippen molar-refractivity contribution in [1.82, 2.24) is 14.6 Å². The number of carbonyl (C=O) groups is 1. The number of rotatable bonds is 5. The third kappa shape index (κ3) is 3.71. The predicted octanol–water partition coefficient (Wildman–Crippen LogP) is 4.35. The second kappa shape index (κ2) is 7.50. The minimum absolute atomic E-state index is 0.0494. The molecule has 1 fully saturated rings. The van der Waals surface area contributed by atoms with Gasteiger partial charge in [-0.15, -0.1) is 0 Å². The first-order valence-corrected chi connectivity index (χ1v) is 10.3. The molecule has 2 aromatic heterocycles. The fourth-order valence-electron chi connectivity index (χ4n) is 4.18. The summed E-state index contributed by atoms with van der Waals surface area (Å²) in [5, 5.41) is 14.4. The van der Waals surface area contributed by atoms with Crippen LogP contribution in [0.1, 0.15) is 44.4 Å². The van der Waals surface area contributed by atoms with Crippen molar-refractivity contribution in [2.24, 2.45) is 5.41 Å². The summed E-state index contributed by atoms with van der Waals surface area (Å²) in [6.07, 6.45) is 3.29. The van der Waals surface area contributed by atoms with Crippen molar-refractivity contribution in [3.63, 3.8) is 0 Å². The summed E-state index contributed by atoms with van der Waals surface area (Å²) in [5.41, 5.74) is 4.50. The number of hydrogen-bond donors (Lipinski definition) is 1. The van der Waals surface area contributed by atoms with Crippen molar-refractivity contribution in [2.75, 3.05) is 18.0 Å². The lowest BCUT2D eigenvalue weighted by molar-refractivity contribution is -0.136. The molecule has 0 radical (unpaired) electrons. The monoisotopic (exact) mass is 392 g/mol. The van der Waals surface area contributed by atoms with Gasteiger partial charge in [0.2, 0.25) is 0 Å². The molecule has 29 heavy (non-hydrogen) atoms. The molecule has 0 amide bonds. The molecular weight excluding hydrogens is 364 g/mol. The highest BCUT2D eigenvalue weighted by molar-refractivity contribution is 5.75. The fraction of sp³-hybridized carbons (Fsp3) is 0.435. The number of carboxylic acid groups (broad SMARTS) is 1. The highest BCUT2D eigenvalue weighted by atomic mass is 16.4. The van der Waals surface area contributed by atoms with Gasteiger partial charge in [-0.3, -0.25) is 4.79 Å². The second-order valence-corrected chi connectivity index (χ2v) is 8.39. The van der Waals surface area contributed by atoms with E-state index in [0.29, 0.717) is 5.41 Å². The molecular formula is C23H28N4O2. The molecule has 0 unspecified atom stereocenters. The number of aromatic nitrogens is 3. The van der Waals surface area contributed by atoms with Crippen molar-refractivity contribution >= 4 is 17.4 Å². The first-order valence-electron chi connectivity index (χ1n) is 10.3. The van der Waals surface area contributed by atoms with Crippen molar-refractivity contribution in [1.29, 1.82) is 0 Å². The van der Waals surface area contributed by atoms with Crippen LogP contribution in [0.3, 0.4) is 0 Å². The van der Waals surface area contributed by atoms with Crippen LogP contribution in [0.25, 0.3) is 16.9 Å². The van der Waals surface area contributed by atoms with Gasteiger partial charge in [-0.1, -0.05) is 50.6 Å². The van der Waals surface area contributed by atoms with Crippen LogP contribution in [0.5, 0.6) is 0 Å². The quantitative estimate of drug-likeness (QED) is 0.699. The molecule has 1 aliphatic heterocycles. The zero-order valence-corrected chi connectivity index (χ0v) is 17.4. The Kier molecular flexibility index (Phi) is 5.03. The van der Waals surface area contributed by atoms with Gasteiger partial charge < -0.3 is 10.0 Å². The maximum absolute atomic E-state index is 11.6. The zero-order chi connectivity index (χ0) is 20.6. The van der Waals surface area contributed by atoms with E-state index < -0.39 is 5.97 Å². The van der Waals surface area contributed by atoms with E-state index in [1.807, 2.05) is 47.8 Å². The fourth-order valence-corrected chi connectivity index (χ4v) is 4.18. The van der Waals surface area contributed by atoms with Crippen LogP contribution in [0.4, 0.5) is 5.82 Å². The Morgan fingerprint density at radius 2 is 1.90 bits per heavy atom. The van der Waals surface area contributed by atoms with E-state index in [0.717, 1.165) is 66.3 Å². The summed E-state index contributed by atoms with van der Waals surface area (Å²) in [6, 6.07) is 12.0. The van der Waals surface area contributed by atoms with Crippen LogP contribution in [-0.2, 0) is 11.2 Å². The average molecular weight is 393 g/mol. The Balaban J connectivity index is 1.84. The standard InChI is InChI=1S/C23H28N4O2/c1-4-23(3)10-12-26(13-11-23)22-18(14-21(28)29)16(2)24-20-15-19(25-27(20)22)17-8-6-5-7-9-17/h5-9,15H,4,10-14H2,1-3H3,(H,28,29). The minimum Gasteiger partial charge on any atom is -0.481 e. The Hall–Kier alpha value is -2.89. The van der Waals surface area contributed by atoms with Crippen LogP contribution in [0.2, 0.25) is 0 Å². The number of hydrogen-bond acceptors (Lipinski definition) is 4. The lowest BCUT2D eigenvalue weighted by Crippen LogP contribution is -2.40. The topological polar surface area (TPSA) is 70.7 Å². The Bertz CT molecular complexity index is 1030. The SMILES string of the molecule is CCC1(C)CCN(c2c(CC(=O)O)c(C)nc3cc(-c4ccccc4)nn23)CC1. The lowest BCUT2D eigenvalue weighted by Gasteiger charge is -2.40. The van der Waals surface area contributed by atoms with Crippen LogP contribution < -0.4 is 4.90 Å². The maximum atomic E-state index is 11.6. The summed E-state index contributed by atoms with van der Waals surface area (Å²) < 4.78 is 1.85. The molecule has 3 aromatic rings. The smallest absolute Gasteiger partial charge is 0.308 e. The molecule has 1 N–H and O–H groups in total. The molecule has 152 valence electrons. The maximum Gasteiger partial charge on any atom is 0.308 e. The Morgan fingerprint density at radius 1 is 1.21 bits per heavy atom. The highest BCUT2D eigenvalue weighted by Crippen LogP contribution is 2.37. The first kappa shape index (κ1) is 19.4. The molecule has 1 aromatic carbocycles. The summed E-state index contributed by atoms with van der Waals surface area (Å²) in [7, 11) is 0. The number of piperidine rings is 1. The van der Waals surface area contributed by atoms with E-state index in [4.69, 9.17) is 5.10 Å². The van der Waals surface area contributed by atoms with Gasteiger partial charge in [0.05, 0.1) is 12.1 Å². The van der Waals surface area contributed by atoms with Crippen LogP contribution >= 0.6 is 0 Å². The van der Waals surface area contributed by atoms with Crippen molar-refractivity contribution in [3.8, 4) is 11.3 Å². The van der Waals surface area contributed by atoms with E-state index in [-0.39, 0.29) is 6.42 Å². The van der Waals surface area contributed by atoms with Gasteiger partial charge in [-0.2, -0.15) is 9.61 Å². The molecule has 3 heterocycles. The molecule has 0 atom stereocenters. The van der Waals surface area contributed by atoms with Gasteiger partial charge in [0.15, 0.2) is 5.65 Å². The molecule has 0 spiro atoms. The normalized spacial score (nSPS) is 16.3. The van der Waals surface area contributed by atoms with E-state index in [1.54, 1.807) is 0 Å². The van der Waals surface area contributed by atoms with E-state index in [2.05, 4.69) is 23.7 Å². The summed E-state index contributed by atoms with van der Waals surface area (Å²) in [6.45, 7) is 8.29. The molecule has 6 heteroatoms. The number of anilines is 1. The van der Waals surface area contributed by atoms with Gasteiger partial charge in [-0.25, -0.2) is 4.98 Å². The number of aryl methyl sites for hydroxylation is 1. The molecule has 1 aliphatic rings. The molecule has 0 saturated carbocycles. The highest BCUT2D eigenvalue weighted by Gasteiger charge is 2.31. The second-order valence-electron chi connectivity index (χ2n) is 8.39. The summed E-state index contributed by atoms with van der Waals surface area (Å²) in [5.74, 6) is 0.0385.